The van der Waals surface area contributed by atoms with Crippen molar-refractivity contribution in [2.45, 2.75) is 45.8 Å². The molecular formula is C16H27NO2. The third-order valence-electron chi connectivity index (χ3n) is 4.03. The second kappa shape index (κ2) is 6.92. The van der Waals surface area contributed by atoms with Gasteiger partial charge in [-0.1, -0.05) is 32.4 Å². The maximum absolute atomic E-state index is 10.4. The summed E-state index contributed by atoms with van der Waals surface area (Å²) in [6, 6.07) is 8.20. The Labute approximate surface area is 117 Å². The van der Waals surface area contributed by atoms with Crippen molar-refractivity contribution in [1.82, 2.24) is 5.32 Å². The first-order chi connectivity index (χ1) is 8.90. The predicted octanol–water partition coefficient (Wildman–Crippen LogP) is 3.14. The number of benzene rings is 1. The highest BCUT2D eigenvalue weighted by Gasteiger charge is 2.27. The van der Waals surface area contributed by atoms with Gasteiger partial charge in [-0.25, -0.2) is 0 Å². The monoisotopic (exact) mass is 265 g/mol. The van der Waals surface area contributed by atoms with Crippen molar-refractivity contribution in [2.75, 3.05) is 13.7 Å². The van der Waals surface area contributed by atoms with Crippen LogP contribution in [0.1, 0.15) is 45.7 Å². The van der Waals surface area contributed by atoms with Crippen LogP contribution in [0.5, 0.6) is 5.75 Å². The first-order valence-electron chi connectivity index (χ1n) is 7.00. The van der Waals surface area contributed by atoms with E-state index in [1.54, 1.807) is 7.11 Å². The van der Waals surface area contributed by atoms with Gasteiger partial charge >= 0.3 is 0 Å². The third kappa shape index (κ3) is 4.51. The van der Waals surface area contributed by atoms with E-state index in [0.717, 1.165) is 12.2 Å². The molecule has 3 heteroatoms. The fraction of sp³-hybridized carbons (Fsp3) is 0.625. The van der Waals surface area contributed by atoms with Crippen LogP contribution in [-0.2, 0) is 0 Å². The fourth-order valence-electron chi connectivity index (χ4n) is 2.00. The van der Waals surface area contributed by atoms with Crippen LogP contribution in [0.2, 0.25) is 0 Å². The molecule has 3 nitrogen and oxygen atoms in total. The maximum Gasteiger partial charge on any atom is 0.119 e. The van der Waals surface area contributed by atoms with Gasteiger partial charge in [0.1, 0.15) is 5.75 Å². The van der Waals surface area contributed by atoms with E-state index in [4.69, 9.17) is 4.74 Å². The summed E-state index contributed by atoms with van der Waals surface area (Å²) in [5, 5.41) is 13.8. The van der Waals surface area contributed by atoms with Gasteiger partial charge in [-0.15, -0.1) is 0 Å². The van der Waals surface area contributed by atoms with Gasteiger partial charge in [0.2, 0.25) is 0 Å². The number of nitrogens with one attached hydrogen (secondary N) is 1. The van der Waals surface area contributed by atoms with Crippen molar-refractivity contribution in [3.8, 4) is 5.75 Å². The topological polar surface area (TPSA) is 41.5 Å². The van der Waals surface area contributed by atoms with Gasteiger partial charge in [0.15, 0.2) is 0 Å². The lowest BCUT2D eigenvalue weighted by atomic mass is 9.88. The average molecular weight is 265 g/mol. The maximum atomic E-state index is 10.4. The van der Waals surface area contributed by atoms with Crippen LogP contribution in [0.15, 0.2) is 24.3 Å². The Balaban J connectivity index is 2.62. The summed E-state index contributed by atoms with van der Waals surface area (Å²) in [4.78, 5) is 0. The van der Waals surface area contributed by atoms with E-state index in [9.17, 15) is 5.11 Å². The highest BCUT2D eigenvalue weighted by Crippen LogP contribution is 2.22. The minimum Gasteiger partial charge on any atom is -0.497 e. The summed E-state index contributed by atoms with van der Waals surface area (Å²) < 4.78 is 5.23. The molecule has 0 heterocycles. The number of aliphatic hydroxyl groups is 1. The number of hydrogen-bond acceptors (Lipinski definition) is 3. The minimum absolute atomic E-state index is 0.186. The van der Waals surface area contributed by atoms with Crippen LogP contribution < -0.4 is 10.1 Å². The van der Waals surface area contributed by atoms with Crippen molar-refractivity contribution < 1.29 is 9.84 Å². The molecule has 3 atom stereocenters. The fourth-order valence-corrected chi connectivity index (χ4v) is 2.00. The first-order valence-corrected chi connectivity index (χ1v) is 7.00. The molecule has 3 unspecified atom stereocenters. The van der Waals surface area contributed by atoms with Crippen molar-refractivity contribution in [3.05, 3.63) is 29.8 Å². The summed E-state index contributed by atoms with van der Waals surface area (Å²) in [5.74, 6) is 1.14. The second-order valence-corrected chi connectivity index (χ2v) is 5.55. The molecule has 0 amide bonds. The molecule has 0 bridgehead atoms. The van der Waals surface area contributed by atoms with E-state index in [1.807, 2.05) is 25.1 Å². The molecule has 1 aromatic rings. The van der Waals surface area contributed by atoms with Crippen LogP contribution in [0, 0.1) is 5.92 Å². The van der Waals surface area contributed by atoms with E-state index in [2.05, 4.69) is 32.2 Å². The zero-order valence-electron chi connectivity index (χ0n) is 12.7. The SMILES string of the molecule is CCC(C)C(C)(O)CNC(C)c1cccc(OC)c1. The molecular weight excluding hydrogens is 238 g/mol. The van der Waals surface area contributed by atoms with E-state index in [1.165, 1.54) is 5.56 Å². The standard InChI is InChI=1S/C16H27NO2/c1-6-12(2)16(4,18)11-17-13(3)14-8-7-9-15(10-14)19-5/h7-10,12-13,17-18H,6,11H2,1-5H3. The van der Waals surface area contributed by atoms with Crippen LogP contribution in [0.25, 0.3) is 0 Å². The molecule has 0 fully saturated rings. The summed E-state index contributed by atoms with van der Waals surface area (Å²) >= 11 is 0. The number of ether oxygens (including phenoxy) is 1. The molecule has 0 aliphatic heterocycles. The Kier molecular flexibility index (Phi) is 5.83. The van der Waals surface area contributed by atoms with Gasteiger partial charge in [0, 0.05) is 12.6 Å². The van der Waals surface area contributed by atoms with Crippen molar-refractivity contribution >= 4 is 0 Å². The molecule has 0 radical (unpaired) electrons. The van der Waals surface area contributed by atoms with Crippen LogP contribution >= 0.6 is 0 Å². The minimum atomic E-state index is -0.679. The normalized spacial score (nSPS) is 17.6. The van der Waals surface area contributed by atoms with Gasteiger partial charge in [-0.2, -0.15) is 0 Å². The smallest absolute Gasteiger partial charge is 0.119 e. The van der Waals surface area contributed by atoms with Crippen molar-refractivity contribution in [3.63, 3.8) is 0 Å². The lowest BCUT2D eigenvalue weighted by molar-refractivity contribution is 0.00365. The zero-order valence-corrected chi connectivity index (χ0v) is 12.7. The average Bonchev–Trinajstić information content (AvgIpc) is 2.43. The molecule has 1 aromatic carbocycles. The van der Waals surface area contributed by atoms with Crippen LogP contribution in [0.4, 0.5) is 0 Å². The van der Waals surface area contributed by atoms with Gasteiger partial charge < -0.3 is 15.2 Å². The largest absolute Gasteiger partial charge is 0.497 e. The van der Waals surface area contributed by atoms with Gasteiger partial charge in [0.05, 0.1) is 12.7 Å². The van der Waals surface area contributed by atoms with E-state index in [0.29, 0.717) is 6.54 Å². The van der Waals surface area contributed by atoms with Gasteiger partial charge in [-0.05, 0) is 37.5 Å². The third-order valence-corrected chi connectivity index (χ3v) is 4.03. The quantitative estimate of drug-likeness (QED) is 0.796. The second-order valence-electron chi connectivity index (χ2n) is 5.55. The predicted molar refractivity (Wildman–Crippen MR) is 79.5 cm³/mol. The summed E-state index contributed by atoms with van der Waals surface area (Å²) in [6.45, 7) is 8.76. The van der Waals surface area contributed by atoms with Crippen molar-refractivity contribution in [2.24, 2.45) is 5.92 Å². The summed E-state index contributed by atoms with van der Waals surface area (Å²) in [6.07, 6.45) is 0.974. The highest BCUT2D eigenvalue weighted by molar-refractivity contribution is 5.30. The molecule has 0 saturated carbocycles. The van der Waals surface area contributed by atoms with Gasteiger partial charge in [-0.3, -0.25) is 0 Å². The van der Waals surface area contributed by atoms with Crippen molar-refractivity contribution in [1.29, 1.82) is 0 Å². The molecule has 0 aromatic heterocycles. The molecule has 2 N–H and O–H groups in total. The summed E-state index contributed by atoms with van der Waals surface area (Å²) in [5.41, 5.74) is 0.487. The van der Waals surface area contributed by atoms with Crippen LogP contribution in [-0.4, -0.2) is 24.4 Å². The molecule has 1 rings (SSSR count). The Hall–Kier alpha value is -1.06. The number of rotatable bonds is 7. The lowest BCUT2D eigenvalue weighted by Gasteiger charge is -2.31. The molecule has 0 aliphatic rings. The highest BCUT2D eigenvalue weighted by atomic mass is 16.5. The summed E-state index contributed by atoms with van der Waals surface area (Å²) in [7, 11) is 1.67. The Bertz CT molecular complexity index is 390. The lowest BCUT2D eigenvalue weighted by Crippen LogP contribution is -2.43. The Morgan fingerprint density at radius 3 is 2.63 bits per heavy atom. The number of hydrogen-bond donors (Lipinski definition) is 2. The van der Waals surface area contributed by atoms with E-state index < -0.39 is 5.60 Å². The molecule has 108 valence electrons. The number of methoxy groups -OCH3 is 1. The van der Waals surface area contributed by atoms with E-state index in [-0.39, 0.29) is 12.0 Å². The Morgan fingerprint density at radius 1 is 1.37 bits per heavy atom. The molecule has 0 saturated heterocycles. The van der Waals surface area contributed by atoms with Gasteiger partial charge in [0.25, 0.3) is 0 Å². The zero-order chi connectivity index (χ0) is 14.5. The molecule has 0 spiro atoms. The first kappa shape index (κ1) is 16.0. The molecule has 19 heavy (non-hydrogen) atoms. The molecule has 0 aliphatic carbocycles. The Morgan fingerprint density at radius 2 is 2.05 bits per heavy atom. The van der Waals surface area contributed by atoms with Crippen LogP contribution in [0.3, 0.4) is 0 Å². The van der Waals surface area contributed by atoms with E-state index >= 15 is 0 Å².